The molecular formula is C14H14ClNO2S. The van der Waals surface area contributed by atoms with Crippen molar-refractivity contribution in [3.63, 3.8) is 0 Å². The van der Waals surface area contributed by atoms with Gasteiger partial charge in [-0.15, -0.1) is 11.3 Å². The zero-order valence-corrected chi connectivity index (χ0v) is 12.1. The van der Waals surface area contributed by atoms with E-state index >= 15 is 0 Å². The van der Waals surface area contributed by atoms with Gasteiger partial charge in [0.25, 0.3) is 5.91 Å². The van der Waals surface area contributed by atoms with Crippen LogP contribution in [0.15, 0.2) is 35.7 Å². The van der Waals surface area contributed by atoms with E-state index in [1.54, 1.807) is 12.1 Å². The molecule has 0 aliphatic carbocycles. The summed E-state index contributed by atoms with van der Waals surface area (Å²) in [7, 11) is 0. The molecule has 2 aromatic rings. The summed E-state index contributed by atoms with van der Waals surface area (Å²) in [6.45, 7) is 2.93. The largest absolute Gasteiger partial charge is 0.492 e. The van der Waals surface area contributed by atoms with E-state index in [-0.39, 0.29) is 5.91 Å². The molecule has 0 aliphatic rings. The van der Waals surface area contributed by atoms with Crippen LogP contribution in [0.1, 0.15) is 22.2 Å². The van der Waals surface area contributed by atoms with Crippen LogP contribution in [0, 0.1) is 0 Å². The number of hydrogen-bond acceptors (Lipinski definition) is 3. The van der Waals surface area contributed by atoms with Crippen LogP contribution in [0.3, 0.4) is 0 Å². The van der Waals surface area contributed by atoms with E-state index in [1.165, 1.54) is 11.3 Å². The lowest BCUT2D eigenvalue weighted by atomic mass is 10.2. The van der Waals surface area contributed by atoms with Crippen molar-refractivity contribution < 1.29 is 9.53 Å². The Morgan fingerprint density at radius 3 is 2.89 bits per heavy atom. The highest BCUT2D eigenvalue weighted by atomic mass is 35.5. The first-order valence-corrected chi connectivity index (χ1v) is 7.19. The third kappa shape index (κ3) is 3.72. The molecule has 3 nitrogen and oxygen atoms in total. The molecule has 0 unspecified atom stereocenters. The Balaban J connectivity index is 1.96. The normalized spacial score (nSPS) is 10.2. The van der Waals surface area contributed by atoms with Gasteiger partial charge in [0.15, 0.2) is 0 Å². The highest BCUT2D eigenvalue weighted by Gasteiger charge is 2.07. The second kappa shape index (κ2) is 6.59. The maximum absolute atomic E-state index is 11.8. The molecule has 100 valence electrons. The lowest BCUT2D eigenvalue weighted by Gasteiger charge is -2.08. The molecule has 1 aromatic heterocycles. The summed E-state index contributed by atoms with van der Waals surface area (Å²) in [4.78, 5) is 12.5. The molecular weight excluding hydrogens is 282 g/mol. The Labute approximate surface area is 121 Å². The summed E-state index contributed by atoms with van der Waals surface area (Å²) in [6.07, 6.45) is 0. The van der Waals surface area contributed by atoms with Gasteiger partial charge in [-0.1, -0.05) is 23.7 Å². The van der Waals surface area contributed by atoms with Gasteiger partial charge < -0.3 is 10.1 Å². The fraction of sp³-hybridized carbons (Fsp3) is 0.214. The third-order valence-electron chi connectivity index (χ3n) is 2.49. The van der Waals surface area contributed by atoms with Gasteiger partial charge in [0, 0.05) is 6.54 Å². The van der Waals surface area contributed by atoms with Crippen LogP contribution in [0.4, 0.5) is 0 Å². The lowest BCUT2D eigenvalue weighted by Crippen LogP contribution is -2.21. The summed E-state index contributed by atoms with van der Waals surface area (Å²) >= 11 is 7.51. The Morgan fingerprint density at radius 2 is 2.26 bits per heavy atom. The Bertz CT molecular complexity index is 555. The molecule has 0 radical (unpaired) electrons. The molecule has 0 spiro atoms. The molecule has 19 heavy (non-hydrogen) atoms. The molecule has 1 amide bonds. The Hall–Kier alpha value is -1.52. The number of ether oxygens (including phenoxy) is 1. The van der Waals surface area contributed by atoms with Crippen molar-refractivity contribution in [1.29, 1.82) is 0 Å². The van der Waals surface area contributed by atoms with Crippen molar-refractivity contribution in [3.8, 4) is 5.75 Å². The minimum Gasteiger partial charge on any atom is -0.492 e. The van der Waals surface area contributed by atoms with E-state index in [0.29, 0.717) is 28.8 Å². The Kier molecular flexibility index (Phi) is 4.82. The highest BCUT2D eigenvalue weighted by molar-refractivity contribution is 7.12. The monoisotopic (exact) mass is 295 g/mol. The number of carbonyl (C=O) groups is 1. The minimum absolute atomic E-state index is 0.0694. The number of nitrogens with one attached hydrogen (secondary N) is 1. The highest BCUT2D eigenvalue weighted by Crippen LogP contribution is 2.25. The van der Waals surface area contributed by atoms with E-state index < -0.39 is 0 Å². The topological polar surface area (TPSA) is 38.3 Å². The maximum atomic E-state index is 11.8. The van der Waals surface area contributed by atoms with Gasteiger partial charge in [-0.3, -0.25) is 4.79 Å². The molecule has 0 aliphatic heterocycles. The molecule has 0 bridgehead atoms. The average molecular weight is 296 g/mol. The minimum atomic E-state index is -0.0694. The van der Waals surface area contributed by atoms with Crippen molar-refractivity contribution in [1.82, 2.24) is 5.32 Å². The maximum Gasteiger partial charge on any atom is 0.261 e. The number of benzene rings is 1. The third-order valence-corrected chi connectivity index (χ3v) is 3.66. The first kappa shape index (κ1) is 13.9. The number of rotatable bonds is 5. The first-order chi connectivity index (χ1) is 9.20. The Morgan fingerprint density at radius 1 is 1.42 bits per heavy atom. The summed E-state index contributed by atoms with van der Waals surface area (Å²) in [5.41, 5.74) is 0.943. The number of halogens is 1. The van der Waals surface area contributed by atoms with Gasteiger partial charge in [-0.2, -0.15) is 0 Å². The molecule has 0 saturated heterocycles. The van der Waals surface area contributed by atoms with Crippen molar-refractivity contribution in [2.75, 3.05) is 6.61 Å². The van der Waals surface area contributed by atoms with E-state index in [1.807, 2.05) is 30.5 Å². The lowest BCUT2D eigenvalue weighted by molar-refractivity contribution is 0.0955. The molecule has 1 heterocycles. The molecule has 1 N–H and O–H groups in total. The molecule has 0 saturated carbocycles. The van der Waals surface area contributed by atoms with Gasteiger partial charge in [0.05, 0.1) is 16.5 Å². The molecule has 0 fully saturated rings. The van der Waals surface area contributed by atoms with E-state index in [9.17, 15) is 4.79 Å². The average Bonchev–Trinajstić information content (AvgIpc) is 2.93. The van der Waals surface area contributed by atoms with E-state index in [0.717, 1.165) is 5.56 Å². The quantitative estimate of drug-likeness (QED) is 0.913. The predicted octanol–water partition coefficient (Wildman–Crippen LogP) is 3.73. The molecule has 1 aromatic carbocycles. The number of thiophene rings is 1. The predicted molar refractivity (Wildman–Crippen MR) is 78.1 cm³/mol. The molecule has 0 atom stereocenters. The molecule has 5 heteroatoms. The van der Waals surface area contributed by atoms with Crippen molar-refractivity contribution in [2.45, 2.75) is 13.5 Å². The number of hydrogen-bond donors (Lipinski definition) is 1. The number of amides is 1. The smallest absolute Gasteiger partial charge is 0.261 e. The van der Waals surface area contributed by atoms with E-state index in [4.69, 9.17) is 16.3 Å². The molecule has 2 rings (SSSR count). The second-order valence-electron chi connectivity index (χ2n) is 3.86. The van der Waals surface area contributed by atoms with Crippen molar-refractivity contribution >= 4 is 28.8 Å². The van der Waals surface area contributed by atoms with Crippen LogP contribution >= 0.6 is 22.9 Å². The summed E-state index contributed by atoms with van der Waals surface area (Å²) in [5, 5.41) is 5.29. The summed E-state index contributed by atoms with van der Waals surface area (Å²) in [6, 6.07) is 9.17. The van der Waals surface area contributed by atoms with Gasteiger partial charge in [0.2, 0.25) is 0 Å². The van der Waals surface area contributed by atoms with Crippen molar-refractivity contribution in [2.24, 2.45) is 0 Å². The first-order valence-electron chi connectivity index (χ1n) is 5.93. The van der Waals surface area contributed by atoms with Crippen LogP contribution in [-0.4, -0.2) is 12.5 Å². The number of carbonyl (C=O) groups excluding carboxylic acids is 1. The second-order valence-corrected chi connectivity index (χ2v) is 5.21. The van der Waals surface area contributed by atoms with Crippen LogP contribution in [0.2, 0.25) is 5.02 Å². The van der Waals surface area contributed by atoms with Gasteiger partial charge in [-0.05, 0) is 36.1 Å². The van der Waals surface area contributed by atoms with Crippen molar-refractivity contribution in [3.05, 3.63) is 51.2 Å². The van der Waals surface area contributed by atoms with Gasteiger partial charge >= 0.3 is 0 Å². The summed E-state index contributed by atoms with van der Waals surface area (Å²) in [5.74, 6) is 0.595. The SMILES string of the molecule is CCOc1ccc(CNC(=O)c2cccs2)cc1Cl. The van der Waals surface area contributed by atoms with Crippen LogP contribution in [0.25, 0.3) is 0 Å². The van der Waals surface area contributed by atoms with Crippen LogP contribution < -0.4 is 10.1 Å². The standard InChI is InChI=1S/C14H14ClNO2S/c1-2-18-12-6-5-10(8-11(12)15)9-16-14(17)13-4-3-7-19-13/h3-8H,2,9H2,1H3,(H,16,17). The van der Waals surface area contributed by atoms with Gasteiger partial charge in [0.1, 0.15) is 5.75 Å². The zero-order chi connectivity index (χ0) is 13.7. The van der Waals surface area contributed by atoms with Crippen LogP contribution in [-0.2, 0) is 6.54 Å². The van der Waals surface area contributed by atoms with Crippen LogP contribution in [0.5, 0.6) is 5.75 Å². The van der Waals surface area contributed by atoms with Gasteiger partial charge in [-0.25, -0.2) is 0 Å². The van der Waals surface area contributed by atoms with E-state index in [2.05, 4.69) is 5.32 Å². The zero-order valence-electron chi connectivity index (χ0n) is 10.5. The summed E-state index contributed by atoms with van der Waals surface area (Å²) < 4.78 is 5.36. The fourth-order valence-corrected chi connectivity index (χ4v) is 2.50. The fourth-order valence-electron chi connectivity index (χ4n) is 1.60.